The highest BCUT2D eigenvalue weighted by Gasteiger charge is 2.58. The van der Waals surface area contributed by atoms with Crippen LogP contribution >= 0.6 is 22.6 Å². The molecular formula is C21H25IO6. The predicted octanol–water partition coefficient (Wildman–Crippen LogP) is 4.00. The quantitative estimate of drug-likeness (QED) is 0.255. The lowest BCUT2D eigenvalue weighted by Gasteiger charge is -2.29. The highest BCUT2D eigenvalue weighted by molar-refractivity contribution is 14.1. The Hall–Kier alpha value is -1.61. The molecule has 28 heavy (non-hydrogen) atoms. The number of rotatable bonds is 6. The number of fused-ring (bicyclic) bond motifs is 1. The van der Waals surface area contributed by atoms with E-state index < -0.39 is 17.4 Å². The van der Waals surface area contributed by atoms with Gasteiger partial charge in [-0.15, -0.1) is 0 Å². The summed E-state index contributed by atoms with van der Waals surface area (Å²) in [5.74, 6) is -1.22. The molecule has 0 N–H and O–H groups in total. The number of carbonyl (C=O) groups excluding carboxylic acids is 2. The van der Waals surface area contributed by atoms with E-state index in [0.29, 0.717) is 15.9 Å². The van der Waals surface area contributed by atoms with Gasteiger partial charge >= 0.3 is 11.9 Å². The predicted molar refractivity (Wildman–Crippen MR) is 111 cm³/mol. The van der Waals surface area contributed by atoms with E-state index in [4.69, 9.17) is 18.9 Å². The Morgan fingerprint density at radius 2 is 1.82 bits per heavy atom. The van der Waals surface area contributed by atoms with Gasteiger partial charge in [0.15, 0.2) is 15.5 Å². The summed E-state index contributed by atoms with van der Waals surface area (Å²) in [4.78, 5) is 26.2. The molecule has 1 aliphatic heterocycles. The average molecular weight is 500 g/mol. The Labute approximate surface area is 178 Å². The average Bonchev–Trinajstić information content (AvgIpc) is 3.05. The van der Waals surface area contributed by atoms with Crippen LogP contribution in [0.5, 0.6) is 0 Å². The fraction of sp³-hybridized carbons (Fsp3) is 0.524. The van der Waals surface area contributed by atoms with Crippen LogP contribution < -0.4 is 0 Å². The molecule has 1 fully saturated rings. The van der Waals surface area contributed by atoms with Crippen molar-refractivity contribution < 1.29 is 28.5 Å². The van der Waals surface area contributed by atoms with E-state index in [1.807, 2.05) is 24.3 Å². The Balaban J connectivity index is 2.11. The van der Waals surface area contributed by atoms with Gasteiger partial charge in [0.1, 0.15) is 0 Å². The molecule has 0 bridgehead atoms. The maximum atomic E-state index is 13.1. The minimum atomic E-state index is -1.57. The lowest BCUT2D eigenvalue weighted by atomic mass is 9.81. The smallest absolute Gasteiger partial charge is 0.328 e. The molecule has 0 spiro atoms. The fourth-order valence-corrected chi connectivity index (χ4v) is 4.75. The molecule has 1 unspecified atom stereocenters. The van der Waals surface area contributed by atoms with Crippen molar-refractivity contribution in [2.75, 3.05) is 19.8 Å². The molecule has 1 atom stereocenters. The van der Waals surface area contributed by atoms with Gasteiger partial charge in [-0.25, -0.2) is 0 Å². The minimum absolute atomic E-state index is 0.173. The van der Waals surface area contributed by atoms with Crippen molar-refractivity contribution in [3.8, 4) is 0 Å². The Morgan fingerprint density at radius 1 is 1.14 bits per heavy atom. The molecule has 6 nitrogen and oxygen atoms in total. The summed E-state index contributed by atoms with van der Waals surface area (Å²) < 4.78 is 22.9. The molecule has 1 aliphatic carbocycles. The number of hydrogen-bond acceptors (Lipinski definition) is 6. The monoisotopic (exact) mass is 500 g/mol. The number of halogens is 1. The van der Waals surface area contributed by atoms with Crippen LogP contribution in [0.2, 0.25) is 0 Å². The molecule has 0 aromatic heterocycles. The number of hydrogen-bond donors (Lipinski definition) is 0. The molecule has 1 heterocycles. The minimum Gasteiger partial charge on any atom is -0.465 e. The van der Waals surface area contributed by atoms with Gasteiger partial charge in [0.25, 0.3) is 0 Å². The molecule has 1 saturated heterocycles. The Kier molecular flexibility index (Phi) is 6.98. The van der Waals surface area contributed by atoms with Crippen molar-refractivity contribution in [2.24, 2.45) is 5.41 Å². The van der Waals surface area contributed by atoms with Crippen LogP contribution in [-0.4, -0.2) is 38.0 Å². The van der Waals surface area contributed by atoms with Crippen LogP contribution in [0.25, 0.3) is 5.57 Å². The number of esters is 2. The first kappa shape index (κ1) is 21.1. The number of benzene rings is 1. The Morgan fingerprint density at radius 3 is 2.43 bits per heavy atom. The van der Waals surface area contributed by atoms with E-state index in [0.717, 1.165) is 30.4 Å². The van der Waals surface area contributed by atoms with Crippen LogP contribution in [0.1, 0.15) is 44.2 Å². The Bertz CT molecular complexity index is 748. The van der Waals surface area contributed by atoms with Crippen molar-refractivity contribution in [3.05, 3.63) is 39.2 Å². The molecule has 0 radical (unpaired) electrons. The molecule has 2 aliphatic rings. The molecule has 7 heteroatoms. The van der Waals surface area contributed by atoms with Crippen molar-refractivity contribution in [2.45, 2.75) is 45.8 Å². The lowest BCUT2D eigenvalue weighted by molar-refractivity contribution is -0.167. The van der Waals surface area contributed by atoms with Crippen LogP contribution in [0.15, 0.2) is 28.0 Å². The number of carbonyl (C=O) groups is 2. The van der Waals surface area contributed by atoms with Gasteiger partial charge in [-0.1, -0.05) is 24.3 Å². The van der Waals surface area contributed by atoms with Gasteiger partial charge < -0.3 is 18.9 Å². The third-order valence-electron chi connectivity index (χ3n) is 4.99. The van der Waals surface area contributed by atoms with E-state index in [-0.39, 0.29) is 25.9 Å². The van der Waals surface area contributed by atoms with E-state index in [1.165, 1.54) is 0 Å². The molecule has 1 aromatic rings. The molecule has 152 valence electrons. The lowest BCUT2D eigenvalue weighted by Crippen LogP contribution is -2.43. The summed E-state index contributed by atoms with van der Waals surface area (Å²) in [5, 5.41) is 0. The first-order valence-corrected chi connectivity index (χ1v) is 10.7. The van der Waals surface area contributed by atoms with Gasteiger partial charge in [-0.3, -0.25) is 9.59 Å². The summed E-state index contributed by atoms with van der Waals surface area (Å²) >= 11 is 2.05. The van der Waals surface area contributed by atoms with Gasteiger partial charge in [0.2, 0.25) is 0 Å². The summed E-state index contributed by atoms with van der Waals surface area (Å²) in [6.07, 6.45) is 2.60. The van der Waals surface area contributed by atoms with Crippen LogP contribution in [0.4, 0.5) is 0 Å². The molecule has 1 aromatic carbocycles. The molecule has 0 saturated carbocycles. The van der Waals surface area contributed by atoms with Gasteiger partial charge in [0, 0.05) is 18.4 Å². The highest BCUT2D eigenvalue weighted by atomic mass is 127. The second-order valence-electron chi connectivity index (χ2n) is 6.74. The van der Waals surface area contributed by atoms with Crippen molar-refractivity contribution in [1.29, 1.82) is 0 Å². The molecular weight excluding hydrogens is 475 g/mol. The summed E-state index contributed by atoms with van der Waals surface area (Å²) in [6.45, 7) is 4.43. The number of ether oxygens (including phenoxy) is 4. The topological polar surface area (TPSA) is 71.1 Å². The largest absolute Gasteiger partial charge is 0.465 e. The zero-order valence-corrected chi connectivity index (χ0v) is 18.3. The molecule has 0 amide bonds. The standard InChI is InChI=1S/C21H25IO6/c1-3-25-19(23)21(20(24)26-4-2)13-14-9-5-6-10-15(14)17(21)18(22)28-16-11-7-8-12-27-16/h5-6,9-10,16H,3-4,7-8,11-13H2,1-2H3/b18-17-. The highest BCUT2D eigenvalue weighted by Crippen LogP contribution is 2.51. The SMILES string of the molecule is CCOC(=O)C1(C(=O)OCC)Cc2ccccc2/C1=C(\I)OC1CCCCO1. The van der Waals surface area contributed by atoms with Gasteiger partial charge in [-0.05, 0) is 60.4 Å². The van der Waals surface area contributed by atoms with Gasteiger partial charge in [0.05, 0.1) is 19.8 Å². The third kappa shape index (κ3) is 3.91. The van der Waals surface area contributed by atoms with Gasteiger partial charge in [-0.2, -0.15) is 0 Å². The zero-order chi connectivity index (χ0) is 20.1. The van der Waals surface area contributed by atoms with Crippen molar-refractivity contribution >= 4 is 40.1 Å². The van der Waals surface area contributed by atoms with Crippen LogP contribution in [0, 0.1) is 5.41 Å². The summed E-state index contributed by atoms with van der Waals surface area (Å²) in [7, 11) is 0. The van der Waals surface area contributed by atoms with E-state index in [1.54, 1.807) is 13.8 Å². The summed E-state index contributed by atoms with van der Waals surface area (Å²) in [5.41, 5.74) is 0.639. The fourth-order valence-electron chi connectivity index (χ4n) is 3.71. The van der Waals surface area contributed by atoms with E-state index in [9.17, 15) is 9.59 Å². The first-order chi connectivity index (χ1) is 13.5. The first-order valence-electron chi connectivity index (χ1n) is 9.65. The second-order valence-corrected chi connectivity index (χ2v) is 7.72. The van der Waals surface area contributed by atoms with Crippen LogP contribution in [-0.2, 0) is 35.0 Å². The summed E-state index contributed by atoms with van der Waals surface area (Å²) in [6, 6.07) is 7.58. The maximum Gasteiger partial charge on any atom is 0.328 e. The maximum absolute atomic E-state index is 13.1. The van der Waals surface area contributed by atoms with E-state index in [2.05, 4.69) is 22.6 Å². The second kappa shape index (κ2) is 9.26. The van der Waals surface area contributed by atoms with Crippen molar-refractivity contribution in [3.63, 3.8) is 0 Å². The normalized spacial score (nSPS) is 22.2. The van der Waals surface area contributed by atoms with Crippen LogP contribution in [0.3, 0.4) is 0 Å². The zero-order valence-electron chi connectivity index (χ0n) is 16.2. The molecule has 3 rings (SSSR count). The van der Waals surface area contributed by atoms with E-state index >= 15 is 0 Å². The third-order valence-corrected chi connectivity index (χ3v) is 5.78. The van der Waals surface area contributed by atoms with Crippen molar-refractivity contribution in [1.82, 2.24) is 0 Å².